The first-order valence-electron chi connectivity index (χ1n) is 14.0. The molecule has 1 aromatic heterocycles. The number of nitrogens with one attached hydrogen (secondary N) is 2. The van der Waals surface area contributed by atoms with Gasteiger partial charge in [-0.15, -0.1) is 0 Å². The zero-order valence-electron chi connectivity index (χ0n) is 24.1. The van der Waals surface area contributed by atoms with Crippen LogP contribution in [0.3, 0.4) is 0 Å². The first-order chi connectivity index (χ1) is 19.4. The summed E-state index contributed by atoms with van der Waals surface area (Å²) in [6.07, 6.45) is 3.52. The van der Waals surface area contributed by atoms with Gasteiger partial charge in [0.25, 0.3) is 5.91 Å². The van der Waals surface area contributed by atoms with Crippen molar-refractivity contribution in [3.05, 3.63) is 47.7 Å². The van der Waals surface area contributed by atoms with Gasteiger partial charge in [0, 0.05) is 24.3 Å². The number of carbonyl (C=O) groups excluding carboxylic acids is 4. The summed E-state index contributed by atoms with van der Waals surface area (Å²) in [7, 11) is 0. The van der Waals surface area contributed by atoms with Gasteiger partial charge >= 0.3 is 5.97 Å². The quantitative estimate of drug-likeness (QED) is 0.505. The third kappa shape index (κ3) is 6.63. The lowest BCUT2D eigenvalue weighted by atomic mass is 9.79. The number of hydrogen-bond acceptors (Lipinski definition) is 8. The number of fused-ring (bicyclic) bond motifs is 4. The normalized spacial score (nSPS) is 29.1. The molecule has 3 heterocycles. The van der Waals surface area contributed by atoms with E-state index in [1.54, 1.807) is 32.1 Å². The molecule has 216 valence electrons. The van der Waals surface area contributed by atoms with E-state index in [9.17, 15) is 24.4 Å². The molecule has 2 aromatic rings. The number of allylic oxidation sites excluding steroid dienone is 1. The molecule has 2 amide bonds. The molecule has 2 N–H and O–H groups in total. The lowest BCUT2D eigenvalue weighted by Gasteiger charge is -2.35. The Bertz CT molecular complexity index is 1430. The number of nitriles is 1. The number of pyridine rings is 1. The van der Waals surface area contributed by atoms with Crippen LogP contribution in [0.15, 0.2) is 36.4 Å². The van der Waals surface area contributed by atoms with Crippen LogP contribution in [0.2, 0.25) is 0 Å². The molecule has 41 heavy (non-hydrogen) atoms. The largest absolute Gasteiger partial charge is 0.455 e. The number of hydrazine groups is 1. The number of nitrogens with zero attached hydrogens (tertiary/aromatic N) is 3. The predicted octanol–water partition coefficient (Wildman–Crippen LogP) is 3.63. The molecule has 5 bridgehead atoms. The SMILES string of the molecule is CC(C)[C@@H]1CC(=O)C(C)(C#N)/C=C/c2ccc3ccc(nc3c2)[C@@H](C)OC(=O)[C@@H]2CCCN(N2)C(=O)[C@H](C)NC1=O. The van der Waals surface area contributed by atoms with Gasteiger partial charge in [-0.3, -0.25) is 24.2 Å². The highest BCUT2D eigenvalue weighted by Crippen LogP contribution is 2.28. The molecule has 4 rings (SSSR count). The van der Waals surface area contributed by atoms with Gasteiger partial charge in [0.05, 0.1) is 17.3 Å². The Morgan fingerprint density at radius 3 is 2.59 bits per heavy atom. The zero-order chi connectivity index (χ0) is 29.9. The number of rotatable bonds is 1. The Morgan fingerprint density at radius 1 is 1.15 bits per heavy atom. The smallest absolute Gasteiger partial charge is 0.325 e. The summed E-state index contributed by atoms with van der Waals surface area (Å²) in [6, 6.07) is 9.77. The summed E-state index contributed by atoms with van der Waals surface area (Å²) in [5.41, 5.74) is 3.47. The van der Waals surface area contributed by atoms with Crippen molar-refractivity contribution in [2.75, 3.05) is 6.54 Å². The number of benzene rings is 1. The van der Waals surface area contributed by atoms with Gasteiger partial charge in [0.1, 0.15) is 23.6 Å². The fourth-order valence-corrected chi connectivity index (χ4v) is 5.03. The summed E-state index contributed by atoms with van der Waals surface area (Å²) < 4.78 is 5.73. The molecule has 0 saturated carbocycles. The van der Waals surface area contributed by atoms with Crippen LogP contribution in [-0.2, 0) is 23.9 Å². The average Bonchev–Trinajstić information content (AvgIpc) is 2.96. The monoisotopic (exact) mass is 559 g/mol. The van der Waals surface area contributed by atoms with Gasteiger partial charge in [-0.1, -0.05) is 44.2 Å². The summed E-state index contributed by atoms with van der Waals surface area (Å²) in [6.45, 7) is 8.86. The second-order valence-electron chi connectivity index (χ2n) is 11.4. The molecule has 0 spiro atoms. The molecular formula is C31H37N5O5. The van der Waals surface area contributed by atoms with Crippen molar-refractivity contribution in [3.8, 4) is 6.07 Å². The van der Waals surface area contributed by atoms with Crippen LogP contribution in [0.25, 0.3) is 17.0 Å². The van der Waals surface area contributed by atoms with E-state index in [-0.39, 0.29) is 18.1 Å². The van der Waals surface area contributed by atoms with E-state index in [0.717, 1.165) is 10.9 Å². The molecular weight excluding hydrogens is 522 g/mol. The number of aromatic nitrogens is 1. The van der Waals surface area contributed by atoms with Crippen molar-refractivity contribution in [2.24, 2.45) is 17.3 Å². The second kappa shape index (κ2) is 12.2. The molecule has 2 aliphatic heterocycles. The summed E-state index contributed by atoms with van der Waals surface area (Å²) in [5, 5.41) is 14.9. The zero-order valence-corrected chi connectivity index (χ0v) is 24.1. The van der Waals surface area contributed by atoms with Crippen LogP contribution in [0, 0.1) is 28.6 Å². The Hall–Kier alpha value is -4.10. The number of carbonyl (C=O) groups is 4. The number of hydrogen-bond donors (Lipinski definition) is 2. The minimum Gasteiger partial charge on any atom is -0.455 e. The van der Waals surface area contributed by atoms with E-state index in [1.807, 2.05) is 38.1 Å². The fourth-order valence-electron chi connectivity index (χ4n) is 5.03. The highest BCUT2D eigenvalue weighted by molar-refractivity contribution is 5.95. The first-order valence-corrected chi connectivity index (χ1v) is 14.0. The molecule has 1 aromatic carbocycles. The molecule has 10 nitrogen and oxygen atoms in total. The number of ketones is 1. The van der Waals surface area contributed by atoms with Gasteiger partial charge in [-0.2, -0.15) is 5.26 Å². The highest BCUT2D eigenvalue weighted by atomic mass is 16.5. The topological polar surface area (TPSA) is 141 Å². The van der Waals surface area contributed by atoms with Crippen LogP contribution in [0.1, 0.15) is 71.2 Å². The molecule has 2 aliphatic rings. The summed E-state index contributed by atoms with van der Waals surface area (Å²) in [5.74, 6) is -2.69. The van der Waals surface area contributed by atoms with Crippen LogP contribution in [-0.4, -0.2) is 52.2 Å². The van der Waals surface area contributed by atoms with E-state index in [2.05, 4.69) is 16.8 Å². The lowest BCUT2D eigenvalue weighted by Crippen LogP contribution is -2.59. The van der Waals surface area contributed by atoms with Crippen molar-refractivity contribution < 1.29 is 23.9 Å². The molecule has 5 atom stereocenters. The lowest BCUT2D eigenvalue weighted by molar-refractivity contribution is -0.157. The van der Waals surface area contributed by atoms with Crippen LogP contribution in [0.4, 0.5) is 0 Å². The van der Waals surface area contributed by atoms with Crippen LogP contribution in [0.5, 0.6) is 0 Å². The number of amides is 2. The third-order valence-electron chi connectivity index (χ3n) is 7.88. The Balaban J connectivity index is 1.73. The maximum absolute atomic E-state index is 13.4. The standard InChI is InChI=1S/C31H37N5O5/c1-18(2)23-16-27(37)31(5,17-32)13-12-21-8-9-22-10-11-24(34-26(22)15-21)20(4)41-30(40)25-7-6-14-36(35-25)29(39)19(3)33-28(23)38/h8-13,15,18-20,23,25,35H,6-7,14,16H2,1-5H3,(H,33,38)/b13-12+/t19-,20+,23-,25-,31?/m0/s1. The Labute approximate surface area is 240 Å². The van der Waals surface area contributed by atoms with Gasteiger partial charge in [-0.25, -0.2) is 10.4 Å². The number of ether oxygens (including phenoxy) is 1. The molecule has 10 heteroatoms. The third-order valence-corrected chi connectivity index (χ3v) is 7.88. The van der Waals surface area contributed by atoms with Gasteiger partial charge in [0.15, 0.2) is 5.78 Å². The number of esters is 1. The van der Waals surface area contributed by atoms with Crippen molar-refractivity contribution in [2.45, 2.75) is 72.1 Å². The number of Topliss-reactive ketones (excluding diaryl/α,β-unsaturated/α-hetero) is 1. The maximum Gasteiger partial charge on any atom is 0.325 e. The fraction of sp³-hybridized carbons (Fsp3) is 0.484. The molecule has 1 unspecified atom stereocenters. The van der Waals surface area contributed by atoms with Crippen molar-refractivity contribution >= 4 is 40.5 Å². The van der Waals surface area contributed by atoms with Gasteiger partial charge < -0.3 is 10.1 Å². The average molecular weight is 560 g/mol. The minimum atomic E-state index is -1.46. The first kappa shape index (κ1) is 29.9. The molecule has 1 saturated heterocycles. The summed E-state index contributed by atoms with van der Waals surface area (Å²) >= 11 is 0. The minimum absolute atomic E-state index is 0.158. The molecule has 0 radical (unpaired) electrons. The van der Waals surface area contributed by atoms with Crippen molar-refractivity contribution in [3.63, 3.8) is 0 Å². The summed E-state index contributed by atoms with van der Waals surface area (Å²) in [4.78, 5) is 57.6. The second-order valence-corrected chi connectivity index (χ2v) is 11.4. The Morgan fingerprint density at radius 2 is 1.88 bits per heavy atom. The van der Waals surface area contributed by atoms with E-state index >= 15 is 0 Å². The van der Waals surface area contributed by atoms with Crippen LogP contribution >= 0.6 is 0 Å². The van der Waals surface area contributed by atoms with Crippen LogP contribution < -0.4 is 10.7 Å². The van der Waals surface area contributed by atoms with Crippen molar-refractivity contribution in [1.82, 2.24) is 20.7 Å². The van der Waals surface area contributed by atoms with E-state index in [1.165, 1.54) is 11.9 Å². The maximum atomic E-state index is 13.4. The van der Waals surface area contributed by atoms with Gasteiger partial charge in [-0.05, 0) is 57.2 Å². The Kier molecular flexibility index (Phi) is 8.88. The molecule has 0 aliphatic carbocycles. The highest BCUT2D eigenvalue weighted by Gasteiger charge is 2.37. The van der Waals surface area contributed by atoms with E-state index in [4.69, 9.17) is 9.72 Å². The van der Waals surface area contributed by atoms with Crippen molar-refractivity contribution in [1.29, 1.82) is 5.26 Å². The van der Waals surface area contributed by atoms with E-state index in [0.29, 0.717) is 30.6 Å². The number of cyclic esters (lactones) is 1. The predicted molar refractivity (Wildman–Crippen MR) is 152 cm³/mol. The van der Waals surface area contributed by atoms with E-state index < -0.39 is 47.3 Å². The molecule has 1 fully saturated rings. The van der Waals surface area contributed by atoms with Gasteiger partial charge in [0.2, 0.25) is 5.91 Å².